The molecule has 3 N–H and O–H groups in total. The number of rotatable bonds is 4. The quantitative estimate of drug-likeness (QED) is 0.730. The highest BCUT2D eigenvalue weighted by atomic mass is 16.3. The first kappa shape index (κ1) is 11.9. The van der Waals surface area contributed by atoms with Crippen molar-refractivity contribution in [1.29, 1.82) is 0 Å². The van der Waals surface area contributed by atoms with Crippen molar-refractivity contribution in [3.8, 4) is 0 Å². The number of hydrogen-bond donors (Lipinski definition) is 3. The number of amides is 1. The molecule has 0 fully saturated rings. The third kappa shape index (κ3) is 2.42. The average molecular weight is 234 g/mol. The summed E-state index contributed by atoms with van der Waals surface area (Å²) in [5, 5.41) is 15.2. The second kappa shape index (κ2) is 5.19. The van der Waals surface area contributed by atoms with E-state index in [9.17, 15) is 4.79 Å². The fourth-order valence-electron chi connectivity index (χ4n) is 2.10. The molecule has 1 aliphatic heterocycles. The minimum Gasteiger partial charge on any atom is -0.394 e. The van der Waals surface area contributed by atoms with E-state index in [-0.39, 0.29) is 24.5 Å². The van der Waals surface area contributed by atoms with Gasteiger partial charge in [-0.3, -0.25) is 4.79 Å². The third-order valence-corrected chi connectivity index (χ3v) is 3.21. The van der Waals surface area contributed by atoms with Crippen LogP contribution in [0.3, 0.4) is 0 Å². The molecule has 1 aliphatic rings. The number of aliphatic hydroxyl groups excluding tert-OH is 1. The summed E-state index contributed by atoms with van der Waals surface area (Å²) in [6.45, 7) is 2.57. The maximum absolute atomic E-state index is 12.1. The van der Waals surface area contributed by atoms with Crippen molar-refractivity contribution in [3.63, 3.8) is 0 Å². The maximum Gasteiger partial charge on any atom is 0.229 e. The van der Waals surface area contributed by atoms with Crippen LogP contribution in [0.15, 0.2) is 24.3 Å². The maximum atomic E-state index is 12.1. The third-order valence-electron chi connectivity index (χ3n) is 3.21. The number of benzene rings is 1. The van der Waals surface area contributed by atoms with E-state index in [1.165, 1.54) is 0 Å². The Morgan fingerprint density at radius 3 is 3.06 bits per heavy atom. The minimum absolute atomic E-state index is 0.00989. The topological polar surface area (TPSA) is 61.4 Å². The number of carbonyl (C=O) groups excluding carboxylic acids is 1. The Morgan fingerprint density at radius 2 is 2.35 bits per heavy atom. The van der Waals surface area contributed by atoms with Gasteiger partial charge in [0.2, 0.25) is 5.91 Å². The normalized spacial score (nSPS) is 19.3. The molecule has 1 heterocycles. The van der Waals surface area contributed by atoms with Crippen LogP contribution in [0, 0.1) is 0 Å². The van der Waals surface area contributed by atoms with Crippen molar-refractivity contribution >= 4 is 11.6 Å². The van der Waals surface area contributed by atoms with Crippen LogP contribution in [0.2, 0.25) is 0 Å². The fourth-order valence-corrected chi connectivity index (χ4v) is 2.10. The van der Waals surface area contributed by atoms with Crippen LogP contribution in [-0.2, 0) is 4.79 Å². The van der Waals surface area contributed by atoms with Gasteiger partial charge in [0.15, 0.2) is 0 Å². The molecular formula is C13H18N2O2. The monoisotopic (exact) mass is 234 g/mol. The number of carbonyl (C=O) groups is 1. The van der Waals surface area contributed by atoms with E-state index in [0.717, 1.165) is 17.7 Å². The number of aliphatic hydroxyl groups is 1. The van der Waals surface area contributed by atoms with Crippen LogP contribution in [-0.4, -0.2) is 30.2 Å². The van der Waals surface area contributed by atoms with Crippen molar-refractivity contribution in [2.45, 2.75) is 25.3 Å². The van der Waals surface area contributed by atoms with Crippen LogP contribution in [0.1, 0.15) is 24.8 Å². The number of fused-ring (bicyclic) bond motifs is 1. The fraction of sp³-hybridized carbons (Fsp3) is 0.462. The van der Waals surface area contributed by atoms with Gasteiger partial charge in [0, 0.05) is 12.2 Å². The molecule has 0 bridgehead atoms. The Labute approximate surface area is 101 Å². The molecule has 0 radical (unpaired) electrons. The second-order valence-electron chi connectivity index (χ2n) is 4.32. The van der Waals surface area contributed by atoms with E-state index in [2.05, 4.69) is 10.6 Å². The first-order valence-electron chi connectivity index (χ1n) is 6.00. The van der Waals surface area contributed by atoms with Crippen LogP contribution in [0.5, 0.6) is 0 Å². The zero-order chi connectivity index (χ0) is 12.3. The van der Waals surface area contributed by atoms with Crippen molar-refractivity contribution in [2.24, 2.45) is 0 Å². The van der Waals surface area contributed by atoms with Gasteiger partial charge in [-0.2, -0.15) is 0 Å². The average Bonchev–Trinajstić information content (AvgIpc) is 2.79. The second-order valence-corrected chi connectivity index (χ2v) is 4.32. The molecule has 0 saturated heterocycles. The lowest BCUT2D eigenvalue weighted by Crippen LogP contribution is -2.40. The van der Waals surface area contributed by atoms with E-state index in [4.69, 9.17) is 5.11 Å². The summed E-state index contributed by atoms with van der Waals surface area (Å²) in [6, 6.07) is 7.70. The summed E-state index contributed by atoms with van der Waals surface area (Å²) in [6.07, 6.45) is 0.740. The Hall–Kier alpha value is -1.55. The summed E-state index contributed by atoms with van der Waals surface area (Å²) >= 11 is 0. The van der Waals surface area contributed by atoms with Gasteiger partial charge in [0.05, 0.1) is 18.6 Å². The van der Waals surface area contributed by atoms with E-state index < -0.39 is 0 Å². The Kier molecular flexibility index (Phi) is 3.64. The van der Waals surface area contributed by atoms with Crippen LogP contribution >= 0.6 is 0 Å². The van der Waals surface area contributed by atoms with Crippen LogP contribution in [0.4, 0.5) is 5.69 Å². The highest BCUT2D eigenvalue weighted by Gasteiger charge is 2.28. The lowest BCUT2D eigenvalue weighted by Gasteiger charge is -2.17. The molecular weight excluding hydrogens is 216 g/mol. The van der Waals surface area contributed by atoms with Crippen LogP contribution < -0.4 is 10.6 Å². The lowest BCUT2D eigenvalue weighted by molar-refractivity contribution is -0.123. The van der Waals surface area contributed by atoms with E-state index in [0.29, 0.717) is 6.54 Å². The number of nitrogens with one attached hydrogen (secondary N) is 2. The molecule has 4 heteroatoms. The first-order chi connectivity index (χ1) is 8.26. The van der Waals surface area contributed by atoms with Gasteiger partial charge in [-0.1, -0.05) is 25.1 Å². The zero-order valence-corrected chi connectivity index (χ0v) is 9.94. The van der Waals surface area contributed by atoms with Crippen molar-refractivity contribution in [3.05, 3.63) is 29.8 Å². The molecule has 0 saturated carbocycles. The molecule has 0 aromatic heterocycles. The van der Waals surface area contributed by atoms with E-state index in [1.54, 1.807) is 0 Å². The van der Waals surface area contributed by atoms with Crippen molar-refractivity contribution < 1.29 is 9.90 Å². The summed E-state index contributed by atoms with van der Waals surface area (Å²) in [5.41, 5.74) is 2.07. The van der Waals surface area contributed by atoms with E-state index >= 15 is 0 Å². The molecule has 1 unspecified atom stereocenters. The molecule has 2 atom stereocenters. The number of anilines is 1. The zero-order valence-electron chi connectivity index (χ0n) is 9.94. The highest BCUT2D eigenvalue weighted by Crippen LogP contribution is 2.31. The SMILES string of the molecule is CC[C@@H](CO)NC(=O)C1CNc2ccccc21. The first-order valence-corrected chi connectivity index (χ1v) is 6.00. The van der Waals surface area contributed by atoms with Gasteiger partial charge >= 0.3 is 0 Å². The number of para-hydroxylation sites is 1. The van der Waals surface area contributed by atoms with Gasteiger partial charge < -0.3 is 15.7 Å². The minimum atomic E-state index is -0.146. The molecule has 17 heavy (non-hydrogen) atoms. The molecule has 1 amide bonds. The Balaban J connectivity index is 2.07. The standard InChI is InChI=1S/C13H18N2O2/c1-2-9(8-16)15-13(17)11-7-14-12-6-4-3-5-10(11)12/h3-6,9,11,14,16H,2,7-8H2,1H3,(H,15,17)/t9-,11?/m0/s1. The summed E-state index contributed by atoms with van der Waals surface area (Å²) < 4.78 is 0. The summed E-state index contributed by atoms with van der Waals surface area (Å²) in [5.74, 6) is -0.157. The Morgan fingerprint density at radius 1 is 1.59 bits per heavy atom. The van der Waals surface area contributed by atoms with Gasteiger partial charge in [0.1, 0.15) is 0 Å². The Bertz CT molecular complexity index is 402. The molecule has 0 spiro atoms. The van der Waals surface area contributed by atoms with Gasteiger partial charge in [-0.05, 0) is 18.1 Å². The molecule has 4 nitrogen and oxygen atoms in total. The van der Waals surface area contributed by atoms with Gasteiger partial charge in [0.25, 0.3) is 0 Å². The van der Waals surface area contributed by atoms with Crippen molar-refractivity contribution in [2.75, 3.05) is 18.5 Å². The smallest absolute Gasteiger partial charge is 0.229 e. The molecule has 2 rings (SSSR count). The predicted molar refractivity (Wildman–Crippen MR) is 67.0 cm³/mol. The van der Waals surface area contributed by atoms with Crippen LogP contribution in [0.25, 0.3) is 0 Å². The molecule has 1 aromatic carbocycles. The van der Waals surface area contributed by atoms with E-state index in [1.807, 2.05) is 31.2 Å². The largest absolute Gasteiger partial charge is 0.394 e. The summed E-state index contributed by atoms with van der Waals surface area (Å²) in [4.78, 5) is 12.1. The molecule has 1 aromatic rings. The molecule has 0 aliphatic carbocycles. The molecule has 92 valence electrons. The summed E-state index contributed by atoms with van der Waals surface area (Å²) in [7, 11) is 0. The predicted octanol–water partition coefficient (Wildman–Crippen LogP) is 1.08. The van der Waals surface area contributed by atoms with Gasteiger partial charge in [-0.25, -0.2) is 0 Å². The highest BCUT2D eigenvalue weighted by molar-refractivity contribution is 5.88. The van der Waals surface area contributed by atoms with Crippen molar-refractivity contribution in [1.82, 2.24) is 5.32 Å². The lowest BCUT2D eigenvalue weighted by atomic mass is 10.00. The number of hydrogen-bond acceptors (Lipinski definition) is 3. The van der Waals surface area contributed by atoms with Gasteiger partial charge in [-0.15, -0.1) is 0 Å².